The van der Waals surface area contributed by atoms with Gasteiger partial charge in [0.2, 0.25) is 0 Å². The third-order valence-corrected chi connectivity index (χ3v) is 4.61. The van der Waals surface area contributed by atoms with Crippen LogP contribution >= 0.6 is 0 Å². The van der Waals surface area contributed by atoms with Crippen molar-refractivity contribution < 1.29 is 9.84 Å². The maximum atomic E-state index is 8.71. The Kier molecular flexibility index (Phi) is 7.88. The number of hydrogen-bond acceptors (Lipinski definition) is 4. The number of aliphatic hydroxyl groups is 1. The van der Waals surface area contributed by atoms with Crippen LogP contribution in [0.4, 0.5) is 0 Å². The molecule has 4 nitrogen and oxygen atoms in total. The highest BCUT2D eigenvalue weighted by Crippen LogP contribution is 2.19. The minimum absolute atomic E-state index is 0.136. The van der Waals surface area contributed by atoms with Crippen LogP contribution < -0.4 is 0 Å². The maximum absolute atomic E-state index is 8.71. The summed E-state index contributed by atoms with van der Waals surface area (Å²) in [5.41, 5.74) is 0. The van der Waals surface area contributed by atoms with Crippen LogP contribution in [0.3, 0.4) is 0 Å². The van der Waals surface area contributed by atoms with Gasteiger partial charge in [0.05, 0.1) is 19.8 Å². The van der Waals surface area contributed by atoms with Crippen LogP contribution in [0.1, 0.15) is 38.5 Å². The van der Waals surface area contributed by atoms with Crippen LogP contribution in [0.5, 0.6) is 0 Å². The molecule has 20 heavy (non-hydrogen) atoms. The van der Waals surface area contributed by atoms with Gasteiger partial charge in [-0.3, -0.25) is 0 Å². The molecule has 2 rings (SSSR count). The zero-order valence-corrected chi connectivity index (χ0v) is 12.9. The van der Waals surface area contributed by atoms with Crippen molar-refractivity contribution in [2.24, 2.45) is 5.92 Å². The molecule has 0 radical (unpaired) electrons. The predicted molar refractivity (Wildman–Crippen MR) is 82.0 cm³/mol. The van der Waals surface area contributed by atoms with Gasteiger partial charge in [-0.2, -0.15) is 0 Å². The zero-order valence-electron chi connectivity index (χ0n) is 12.9. The van der Waals surface area contributed by atoms with E-state index in [1.165, 1.54) is 71.2 Å². The van der Waals surface area contributed by atoms with Gasteiger partial charge in [-0.15, -0.1) is 0 Å². The van der Waals surface area contributed by atoms with Crippen molar-refractivity contribution in [3.8, 4) is 0 Å². The minimum atomic E-state index is 0.136. The SMILES string of the molecule is OCCOCCN1CCCC(CN2CCCCCC2)C1. The Hall–Kier alpha value is -0.160. The van der Waals surface area contributed by atoms with Gasteiger partial charge < -0.3 is 19.6 Å². The van der Waals surface area contributed by atoms with Crippen molar-refractivity contribution >= 4 is 0 Å². The number of rotatable bonds is 7. The van der Waals surface area contributed by atoms with E-state index >= 15 is 0 Å². The second kappa shape index (κ2) is 9.72. The molecule has 2 aliphatic rings. The largest absolute Gasteiger partial charge is 0.394 e. The topological polar surface area (TPSA) is 35.9 Å². The highest BCUT2D eigenvalue weighted by Gasteiger charge is 2.22. The molecule has 0 spiro atoms. The smallest absolute Gasteiger partial charge is 0.0698 e. The Morgan fingerprint density at radius 3 is 2.40 bits per heavy atom. The first kappa shape index (κ1) is 16.2. The summed E-state index contributed by atoms with van der Waals surface area (Å²) in [6, 6.07) is 0. The molecule has 1 N–H and O–H groups in total. The summed E-state index contributed by atoms with van der Waals surface area (Å²) in [7, 11) is 0. The van der Waals surface area contributed by atoms with Crippen LogP contribution in [-0.2, 0) is 4.74 Å². The van der Waals surface area contributed by atoms with E-state index in [0.29, 0.717) is 6.61 Å². The van der Waals surface area contributed by atoms with Gasteiger partial charge in [0.15, 0.2) is 0 Å². The highest BCUT2D eigenvalue weighted by atomic mass is 16.5. The van der Waals surface area contributed by atoms with Gasteiger partial charge >= 0.3 is 0 Å². The number of hydrogen-bond donors (Lipinski definition) is 1. The van der Waals surface area contributed by atoms with Gasteiger partial charge in [0.25, 0.3) is 0 Å². The van der Waals surface area contributed by atoms with Crippen molar-refractivity contribution in [2.75, 3.05) is 59.1 Å². The lowest BCUT2D eigenvalue weighted by Gasteiger charge is -2.35. The van der Waals surface area contributed by atoms with Crippen LogP contribution in [0.2, 0.25) is 0 Å². The molecule has 118 valence electrons. The molecule has 0 aliphatic carbocycles. The number of nitrogens with zero attached hydrogens (tertiary/aromatic N) is 2. The fraction of sp³-hybridized carbons (Fsp3) is 1.00. The van der Waals surface area contributed by atoms with E-state index in [0.717, 1.165) is 19.1 Å². The van der Waals surface area contributed by atoms with E-state index in [-0.39, 0.29) is 6.61 Å². The van der Waals surface area contributed by atoms with Gasteiger partial charge in [0.1, 0.15) is 0 Å². The maximum Gasteiger partial charge on any atom is 0.0698 e. The number of ether oxygens (including phenoxy) is 1. The van der Waals surface area contributed by atoms with Crippen molar-refractivity contribution in [3.05, 3.63) is 0 Å². The summed E-state index contributed by atoms with van der Waals surface area (Å²) in [4.78, 5) is 5.24. The second-order valence-electron chi connectivity index (χ2n) is 6.36. The van der Waals surface area contributed by atoms with Gasteiger partial charge in [-0.1, -0.05) is 12.8 Å². The molecule has 0 aromatic heterocycles. The molecule has 4 heteroatoms. The highest BCUT2D eigenvalue weighted by molar-refractivity contribution is 4.76. The number of aliphatic hydroxyl groups excluding tert-OH is 1. The van der Waals surface area contributed by atoms with Gasteiger partial charge in [-0.25, -0.2) is 0 Å². The molecule has 1 unspecified atom stereocenters. The molecule has 0 aromatic rings. The Balaban J connectivity index is 1.64. The van der Waals surface area contributed by atoms with Gasteiger partial charge in [0, 0.05) is 19.6 Å². The summed E-state index contributed by atoms with van der Waals surface area (Å²) in [6.07, 6.45) is 8.37. The van der Waals surface area contributed by atoms with Crippen molar-refractivity contribution in [1.82, 2.24) is 9.80 Å². The van der Waals surface area contributed by atoms with Crippen LogP contribution in [0, 0.1) is 5.92 Å². The fourth-order valence-electron chi connectivity index (χ4n) is 3.55. The lowest BCUT2D eigenvalue weighted by Crippen LogP contribution is -2.42. The average Bonchev–Trinajstić information content (AvgIpc) is 2.73. The summed E-state index contributed by atoms with van der Waals surface area (Å²) >= 11 is 0. The molecule has 2 aliphatic heterocycles. The standard InChI is InChI=1S/C16H32N2O2/c19-11-13-20-12-10-18-9-5-6-16(15-18)14-17-7-3-1-2-4-8-17/h16,19H,1-15H2. The summed E-state index contributed by atoms with van der Waals surface area (Å²) in [5, 5.41) is 8.71. The lowest BCUT2D eigenvalue weighted by atomic mass is 9.97. The first-order chi connectivity index (χ1) is 9.88. The molecule has 2 heterocycles. The fourth-order valence-corrected chi connectivity index (χ4v) is 3.55. The predicted octanol–water partition coefficient (Wildman–Crippen LogP) is 1.58. The third-order valence-electron chi connectivity index (χ3n) is 4.61. The van der Waals surface area contributed by atoms with Gasteiger partial charge in [-0.05, 0) is 51.2 Å². The van der Waals surface area contributed by atoms with Crippen molar-refractivity contribution in [1.29, 1.82) is 0 Å². The van der Waals surface area contributed by atoms with E-state index in [4.69, 9.17) is 9.84 Å². The first-order valence-electron chi connectivity index (χ1n) is 8.52. The molecular weight excluding hydrogens is 252 g/mol. The van der Waals surface area contributed by atoms with Crippen LogP contribution in [0.25, 0.3) is 0 Å². The molecule has 2 saturated heterocycles. The quantitative estimate of drug-likeness (QED) is 0.720. The van der Waals surface area contributed by atoms with E-state index in [2.05, 4.69) is 9.80 Å². The van der Waals surface area contributed by atoms with Crippen LogP contribution in [0.15, 0.2) is 0 Å². The zero-order chi connectivity index (χ0) is 14.0. The second-order valence-corrected chi connectivity index (χ2v) is 6.36. The van der Waals surface area contributed by atoms with Crippen molar-refractivity contribution in [3.63, 3.8) is 0 Å². The van der Waals surface area contributed by atoms with E-state index in [9.17, 15) is 0 Å². The van der Waals surface area contributed by atoms with E-state index < -0.39 is 0 Å². The summed E-state index contributed by atoms with van der Waals surface area (Å²) < 4.78 is 5.39. The van der Waals surface area contributed by atoms with Crippen LogP contribution in [-0.4, -0.2) is 74.0 Å². The Morgan fingerprint density at radius 1 is 0.900 bits per heavy atom. The summed E-state index contributed by atoms with van der Waals surface area (Å²) in [5.74, 6) is 0.847. The molecule has 0 bridgehead atoms. The van der Waals surface area contributed by atoms with E-state index in [1.54, 1.807) is 0 Å². The molecule has 1 atom stereocenters. The minimum Gasteiger partial charge on any atom is -0.394 e. The number of piperidine rings is 1. The Morgan fingerprint density at radius 2 is 1.65 bits per heavy atom. The molecule has 0 aromatic carbocycles. The lowest BCUT2D eigenvalue weighted by molar-refractivity contribution is 0.0582. The van der Waals surface area contributed by atoms with E-state index in [1.807, 2.05) is 0 Å². The number of likely N-dealkylation sites (tertiary alicyclic amines) is 2. The normalized spacial score (nSPS) is 26.6. The monoisotopic (exact) mass is 284 g/mol. The average molecular weight is 284 g/mol. The third kappa shape index (κ3) is 6.08. The molecule has 2 fully saturated rings. The first-order valence-corrected chi connectivity index (χ1v) is 8.52. The van der Waals surface area contributed by atoms with Crippen molar-refractivity contribution in [2.45, 2.75) is 38.5 Å². The Bertz CT molecular complexity index is 243. The molecule has 0 amide bonds. The molecular formula is C16H32N2O2. The Labute approximate surface area is 124 Å². The summed E-state index contributed by atoms with van der Waals surface area (Å²) in [6.45, 7) is 8.79. The molecule has 0 saturated carbocycles.